The van der Waals surface area contributed by atoms with Gasteiger partial charge in [0.2, 0.25) is 0 Å². The lowest BCUT2D eigenvalue weighted by Gasteiger charge is -2.73. The fourth-order valence-corrected chi connectivity index (χ4v) is 10.4. The van der Waals surface area contributed by atoms with Crippen LogP contribution in [-0.4, -0.2) is 87.0 Å². The maximum absolute atomic E-state index is 14.5. The first-order valence-electron chi connectivity index (χ1n) is 17.9. The molecule has 14 atom stereocenters. The summed E-state index contributed by atoms with van der Waals surface area (Å²) < 4.78 is 45.7. The molecular formula is C40H46O13. The number of carbonyl (C=O) groups is 4. The number of hydrogen-bond donors (Lipinski definition) is 2. The Morgan fingerprint density at radius 2 is 1.34 bits per heavy atom. The van der Waals surface area contributed by atoms with Crippen molar-refractivity contribution in [2.45, 2.75) is 114 Å². The molecule has 3 heterocycles. The maximum Gasteiger partial charge on any atom is 0.338 e. The lowest BCUT2D eigenvalue weighted by molar-refractivity contribution is -0.586. The summed E-state index contributed by atoms with van der Waals surface area (Å²) in [5, 5.41) is 25.9. The predicted molar refractivity (Wildman–Crippen MR) is 183 cm³/mol. The largest absolute Gasteiger partial charge is 0.459 e. The molecule has 2 N–H and O–H groups in total. The van der Waals surface area contributed by atoms with Gasteiger partial charge in [0.15, 0.2) is 11.7 Å². The standard InChI is InChI=1S/C40H46O13/c1-20(2)37(46)31-22(4)38-28-19-21(3)30(47-23(5)41)39(28,52-34(44)26-15-11-9-12-16-26)35(49-25(7)43)36(8,45)32(48-24(6)42)29(38)33(37)51-40(50-31,53-38)27-17-13-10-14-18-27/h9-18,21-22,28-33,35,45-46H,1,19H2,2-8H3. The highest BCUT2D eigenvalue weighted by molar-refractivity contribution is 5.90. The van der Waals surface area contributed by atoms with Gasteiger partial charge in [-0.3, -0.25) is 14.4 Å². The average molecular weight is 735 g/mol. The van der Waals surface area contributed by atoms with E-state index in [9.17, 15) is 29.4 Å². The molecule has 1 spiro atoms. The van der Waals surface area contributed by atoms with Crippen LogP contribution in [0.2, 0.25) is 0 Å². The molecule has 0 amide bonds. The highest BCUT2D eigenvalue weighted by Gasteiger charge is 2.88. The maximum atomic E-state index is 14.5. The second-order valence-corrected chi connectivity index (χ2v) is 15.5. The quantitative estimate of drug-likeness (QED) is 0.240. The molecule has 3 saturated carbocycles. The SMILES string of the molecule is C=C(C)C1(O)C2OC3(c4ccccc4)OC1C1C(OC(C)=O)C(C)(O)C(OC(C)=O)C4(OC(=O)c5ccccc5)C(OC(C)=O)C(C)CC4C1(O3)C2C. The molecule has 3 saturated heterocycles. The van der Waals surface area contributed by atoms with Gasteiger partial charge in [-0.05, 0) is 43.9 Å². The number of carbonyl (C=O) groups excluding carboxylic acids is 4. The molecule has 2 aromatic carbocycles. The Balaban J connectivity index is 1.60. The van der Waals surface area contributed by atoms with Crippen molar-refractivity contribution in [2.24, 2.45) is 23.7 Å². The number of ether oxygens (including phenoxy) is 7. The van der Waals surface area contributed by atoms with Gasteiger partial charge in [0.25, 0.3) is 0 Å². The molecule has 4 bridgehead atoms. The van der Waals surface area contributed by atoms with Crippen LogP contribution in [0.1, 0.15) is 70.8 Å². The zero-order valence-electron chi connectivity index (χ0n) is 30.8. The topological polar surface area (TPSA) is 173 Å². The third-order valence-corrected chi connectivity index (χ3v) is 12.2. The van der Waals surface area contributed by atoms with Crippen molar-refractivity contribution in [3.8, 4) is 0 Å². The van der Waals surface area contributed by atoms with Crippen molar-refractivity contribution in [1.29, 1.82) is 0 Å². The van der Waals surface area contributed by atoms with E-state index in [4.69, 9.17) is 33.2 Å². The number of fused-ring (bicyclic) bond motifs is 1. The Morgan fingerprint density at radius 3 is 1.91 bits per heavy atom. The van der Waals surface area contributed by atoms with Crippen molar-refractivity contribution in [3.05, 3.63) is 83.9 Å². The van der Waals surface area contributed by atoms with Gasteiger partial charge in [-0.2, -0.15) is 0 Å². The normalized spacial score (nSPS) is 43.5. The van der Waals surface area contributed by atoms with E-state index in [0.717, 1.165) is 13.8 Å². The summed E-state index contributed by atoms with van der Waals surface area (Å²) in [6, 6.07) is 16.9. The molecule has 0 radical (unpaired) electrons. The van der Waals surface area contributed by atoms with Gasteiger partial charge in [-0.25, -0.2) is 4.79 Å². The molecule has 3 aliphatic heterocycles. The predicted octanol–water partition coefficient (Wildman–Crippen LogP) is 3.73. The Labute approximate surface area is 307 Å². The third kappa shape index (κ3) is 5.07. The van der Waals surface area contributed by atoms with Crippen LogP contribution in [-0.2, 0) is 53.5 Å². The molecule has 53 heavy (non-hydrogen) atoms. The molecule has 14 unspecified atom stereocenters. The molecule has 6 fully saturated rings. The van der Waals surface area contributed by atoms with Gasteiger partial charge in [-0.1, -0.05) is 69.0 Å². The van der Waals surface area contributed by atoms with Gasteiger partial charge in [0, 0.05) is 38.2 Å². The van der Waals surface area contributed by atoms with Gasteiger partial charge in [0.1, 0.15) is 35.6 Å². The summed E-state index contributed by atoms with van der Waals surface area (Å²) in [5.41, 5.74) is -7.39. The Bertz CT molecular complexity index is 1830. The van der Waals surface area contributed by atoms with Gasteiger partial charge in [-0.15, -0.1) is 0 Å². The van der Waals surface area contributed by atoms with Gasteiger partial charge in [0.05, 0.1) is 17.1 Å². The van der Waals surface area contributed by atoms with Crippen LogP contribution >= 0.6 is 0 Å². The minimum Gasteiger partial charge on any atom is -0.459 e. The molecular weight excluding hydrogens is 688 g/mol. The van der Waals surface area contributed by atoms with E-state index in [1.807, 2.05) is 0 Å². The lowest BCUT2D eigenvalue weighted by atomic mass is 9.51. The van der Waals surface area contributed by atoms with E-state index < -0.39 is 106 Å². The van der Waals surface area contributed by atoms with Crippen LogP contribution in [0.25, 0.3) is 0 Å². The summed E-state index contributed by atoms with van der Waals surface area (Å²) >= 11 is 0. The lowest BCUT2D eigenvalue weighted by Crippen LogP contribution is -2.86. The first-order chi connectivity index (χ1) is 24.9. The van der Waals surface area contributed by atoms with Gasteiger partial charge >= 0.3 is 29.9 Å². The Kier molecular flexibility index (Phi) is 8.74. The summed E-state index contributed by atoms with van der Waals surface area (Å²) in [6.07, 6.45) is -7.12. The molecule has 6 aliphatic rings. The average Bonchev–Trinajstić information content (AvgIpc) is 3.35. The summed E-state index contributed by atoms with van der Waals surface area (Å²) in [4.78, 5) is 53.8. The third-order valence-electron chi connectivity index (χ3n) is 12.2. The van der Waals surface area contributed by atoms with Crippen molar-refractivity contribution in [1.82, 2.24) is 0 Å². The van der Waals surface area contributed by atoms with Gasteiger partial charge < -0.3 is 43.4 Å². The van der Waals surface area contributed by atoms with E-state index in [1.54, 1.807) is 69.3 Å². The minimum absolute atomic E-state index is 0.122. The Morgan fingerprint density at radius 1 is 0.792 bits per heavy atom. The van der Waals surface area contributed by atoms with E-state index in [2.05, 4.69) is 6.58 Å². The minimum atomic E-state index is -2.43. The summed E-state index contributed by atoms with van der Waals surface area (Å²) in [7, 11) is 0. The molecule has 13 heteroatoms. The van der Waals surface area contributed by atoms with E-state index in [0.29, 0.717) is 5.56 Å². The number of esters is 4. The molecule has 284 valence electrons. The van der Waals surface area contributed by atoms with Crippen LogP contribution in [0.4, 0.5) is 0 Å². The van der Waals surface area contributed by atoms with Crippen LogP contribution in [0, 0.1) is 23.7 Å². The van der Waals surface area contributed by atoms with Crippen molar-refractivity contribution in [3.63, 3.8) is 0 Å². The number of benzene rings is 2. The molecule has 13 nitrogen and oxygen atoms in total. The molecule has 8 rings (SSSR count). The second-order valence-electron chi connectivity index (χ2n) is 15.5. The van der Waals surface area contributed by atoms with E-state index in [1.165, 1.54) is 26.0 Å². The molecule has 3 aliphatic carbocycles. The van der Waals surface area contributed by atoms with Crippen molar-refractivity contribution >= 4 is 23.9 Å². The number of rotatable bonds is 7. The van der Waals surface area contributed by atoms with Crippen molar-refractivity contribution < 1.29 is 62.5 Å². The van der Waals surface area contributed by atoms with Crippen LogP contribution in [0.3, 0.4) is 0 Å². The summed E-state index contributed by atoms with van der Waals surface area (Å²) in [5.74, 6) is -9.01. The molecule has 2 aromatic rings. The van der Waals surface area contributed by atoms with Crippen molar-refractivity contribution in [2.75, 3.05) is 0 Å². The van der Waals surface area contributed by atoms with Crippen LogP contribution in [0.5, 0.6) is 0 Å². The molecule has 0 aromatic heterocycles. The highest BCUT2D eigenvalue weighted by atomic mass is 16.9. The van der Waals surface area contributed by atoms with Crippen LogP contribution < -0.4 is 0 Å². The fourth-order valence-electron chi connectivity index (χ4n) is 10.4. The summed E-state index contributed by atoms with van der Waals surface area (Å²) in [6.45, 7) is 14.1. The second kappa shape index (κ2) is 12.5. The zero-order valence-corrected chi connectivity index (χ0v) is 30.8. The van der Waals surface area contributed by atoms with Crippen LogP contribution in [0.15, 0.2) is 72.8 Å². The monoisotopic (exact) mass is 734 g/mol. The first kappa shape index (κ1) is 37.2. The number of aliphatic hydroxyl groups is 2. The first-order valence-corrected chi connectivity index (χ1v) is 17.9. The van der Waals surface area contributed by atoms with E-state index in [-0.39, 0.29) is 17.6 Å². The smallest absolute Gasteiger partial charge is 0.338 e. The highest BCUT2D eigenvalue weighted by Crippen LogP contribution is 2.72. The number of hydrogen-bond acceptors (Lipinski definition) is 13. The fraction of sp³-hybridized carbons (Fsp3) is 0.550. The zero-order chi connectivity index (χ0) is 38.5. The Hall–Kier alpha value is -4.14. The van der Waals surface area contributed by atoms with E-state index >= 15 is 0 Å².